The summed E-state index contributed by atoms with van der Waals surface area (Å²) < 4.78 is 0. The first kappa shape index (κ1) is 7.14. The molecule has 0 heterocycles. The number of allylic oxidation sites excluding steroid dienone is 2. The van der Waals surface area contributed by atoms with Crippen LogP contribution in [-0.4, -0.2) is 5.88 Å². The van der Waals surface area contributed by atoms with Crippen molar-refractivity contribution in [2.24, 2.45) is 5.92 Å². The van der Waals surface area contributed by atoms with Gasteiger partial charge in [-0.25, -0.2) is 0 Å². The Morgan fingerprint density at radius 1 is 1.56 bits per heavy atom. The van der Waals surface area contributed by atoms with E-state index in [0.29, 0.717) is 0 Å². The third-order valence-corrected chi connectivity index (χ3v) is 2.05. The molecule has 0 nitrogen and oxygen atoms in total. The van der Waals surface area contributed by atoms with Gasteiger partial charge < -0.3 is 0 Å². The Hall–Kier alpha value is 0.0300. The molecule has 0 aliphatic heterocycles. The van der Waals surface area contributed by atoms with Crippen LogP contribution in [0.5, 0.6) is 0 Å². The van der Waals surface area contributed by atoms with Gasteiger partial charge in [0.1, 0.15) is 0 Å². The maximum absolute atomic E-state index is 5.60. The summed E-state index contributed by atoms with van der Waals surface area (Å²) in [5.74, 6) is 1.60. The van der Waals surface area contributed by atoms with Crippen molar-refractivity contribution in [1.29, 1.82) is 0 Å². The van der Waals surface area contributed by atoms with Gasteiger partial charge in [-0.1, -0.05) is 12.2 Å². The average Bonchev–Trinajstić information content (AvgIpc) is 1.91. The third-order valence-electron chi connectivity index (χ3n) is 1.83. The van der Waals surface area contributed by atoms with Gasteiger partial charge in [0.15, 0.2) is 0 Å². The molecule has 0 aromatic heterocycles. The smallest absolute Gasteiger partial charge is 0.0229 e. The van der Waals surface area contributed by atoms with Crippen molar-refractivity contribution in [1.82, 2.24) is 0 Å². The maximum Gasteiger partial charge on any atom is 0.0229 e. The van der Waals surface area contributed by atoms with Crippen LogP contribution in [0.1, 0.15) is 25.7 Å². The Morgan fingerprint density at radius 3 is 3.00 bits per heavy atom. The van der Waals surface area contributed by atoms with Crippen LogP contribution in [-0.2, 0) is 0 Å². The highest BCUT2D eigenvalue weighted by atomic mass is 35.5. The summed E-state index contributed by atoms with van der Waals surface area (Å²) in [4.78, 5) is 0. The van der Waals surface area contributed by atoms with E-state index in [1.807, 2.05) is 0 Å². The van der Waals surface area contributed by atoms with Gasteiger partial charge >= 0.3 is 0 Å². The first-order chi connectivity index (χ1) is 4.43. The lowest BCUT2D eigenvalue weighted by molar-refractivity contribution is 0.529. The van der Waals surface area contributed by atoms with Crippen molar-refractivity contribution in [2.45, 2.75) is 25.7 Å². The van der Waals surface area contributed by atoms with Crippen molar-refractivity contribution in [3.63, 3.8) is 0 Å². The van der Waals surface area contributed by atoms with Crippen LogP contribution in [0.15, 0.2) is 12.2 Å². The highest BCUT2D eigenvalue weighted by Crippen LogP contribution is 2.19. The van der Waals surface area contributed by atoms with Crippen LogP contribution in [0, 0.1) is 5.92 Å². The van der Waals surface area contributed by atoms with E-state index in [-0.39, 0.29) is 0 Å². The molecule has 0 saturated heterocycles. The Kier molecular flexibility index (Phi) is 3.13. The molecule has 0 fully saturated rings. The molecule has 1 atom stereocenters. The van der Waals surface area contributed by atoms with Crippen molar-refractivity contribution in [2.75, 3.05) is 5.88 Å². The fraction of sp³-hybridized carbons (Fsp3) is 0.750. The summed E-state index contributed by atoms with van der Waals surface area (Å²) >= 11 is 5.60. The molecule has 1 heteroatoms. The van der Waals surface area contributed by atoms with Crippen LogP contribution < -0.4 is 0 Å². The van der Waals surface area contributed by atoms with E-state index in [2.05, 4.69) is 12.2 Å². The minimum absolute atomic E-state index is 0.788. The average molecular weight is 145 g/mol. The second-order valence-electron chi connectivity index (χ2n) is 2.60. The third kappa shape index (κ3) is 2.40. The van der Waals surface area contributed by atoms with Gasteiger partial charge in [-0.15, -0.1) is 11.6 Å². The van der Waals surface area contributed by atoms with E-state index >= 15 is 0 Å². The predicted octanol–water partition coefficient (Wildman–Crippen LogP) is 2.97. The van der Waals surface area contributed by atoms with Gasteiger partial charge in [0.25, 0.3) is 0 Å². The normalized spacial score (nSPS) is 26.6. The lowest BCUT2D eigenvalue weighted by atomic mass is 9.94. The van der Waals surface area contributed by atoms with E-state index in [4.69, 9.17) is 11.6 Å². The summed E-state index contributed by atoms with van der Waals surface area (Å²) in [6.45, 7) is 0. The largest absolute Gasteiger partial charge is 0.127 e. The Morgan fingerprint density at radius 2 is 2.44 bits per heavy atom. The highest BCUT2D eigenvalue weighted by molar-refractivity contribution is 6.17. The minimum Gasteiger partial charge on any atom is -0.127 e. The van der Waals surface area contributed by atoms with Crippen molar-refractivity contribution in [3.8, 4) is 0 Å². The van der Waals surface area contributed by atoms with Gasteiger partial charge in [0, 0.05) is 5.88 Å². The molecule has 0 radical (unpaired) electrons. The predicted molar refractivity (Wildman–Crippen MR) is 41.8 cm³/mol. The lowest BCUT2D eigenvalue weighted by Crippen LogP contribution is -2.00. The summed E-state index contributed by atoms with van der Waals surface area (Å²) in [6.07, 6.45) is 9.74. The summed E-state index contributed by atoms with van der Waals surface area (Å²) in [7, 11) is 0. The van der Waals surface area contributed by atoms with Crippen molar-refractivity contribution in [3.05, 3.63) is 12.2 Å². The van der Waals surface area contributed by atoms with Crippen molar-refractivity contribution < 1.29 is 0 Å². The summed E-state index contributed by atoms with van der Waals surface area (Å²) in [5, 5.41) is 0. The zero-order chi connectivity index (χ0) is 6.53. The fourth-order valence-electron chi connectivity index (χ4n) is 1.26. The van der Waals surface area contributed by atoms with Crippen LogP contribution >= 0.6 is 11.6 Å². The molecular weight excluding hydrogens is 132 g/mol. The Labute approximate surface area is 61.9 Å². The molecule has 0 saturated carbocycles. The molecule has 0 amide bonds. The monoisotopic (exact) mass is 144 g/mol. The Balaban J connectivity index is 2.23. The molecule has 1 aliphatic rings. The molecule has 0 bridgehead atoms. The van der Waals surface area contributed by atoms with E-state index in [0.717, 1.165) is 18.2 Å². The van der Waals surface area contributed by atoms with Gasteiger partial charge in [0.05, 0.1) is 0 Å². The molecule has 52 valence electrons. The second-order valence-corrected chi connectivity index (χ2v) is 2.97. The molecular formula is C8H13Cl. The van der Waals surface area contributed by atoms with Gasteiger partial charge in [-0.3, -0.25) is 0 Å². The molecule has 1 aliphatic carbocycles. The molecule has 1 rings (SSSR count). The van der Waals surface area contributed by atoms with Crippen LogP contribution in [0.3, 0.4) is 0 Å². The van der Waals surface area contributed by atoms with Gasteiger partial charge in [-0.2, -0.15) is 0 Å². The van der Waals surface area contributed by atoms with Gasteiger partial charge in [0.2, 0.25) is 0 Å². The van der Waals surface area contributed by atoms with E-state index < -0.39 is 0 Å². The minimum atomic E-state index is 0.788. The molecule has 9 heavy (non-hydrogen) atoms. The zero-order valence-corrected chi connectivity index (χ0v) is 6.40. The topological polar surface area (TPSA) is 0 Å². The fourth-order valence-corrected chi connectivity index (χ4v) is 1.54. The standard InChI is InChI=1S/C8H13Cl/c9-7-6-8-4-2-1-3-5-8/h2,4,8H,1,3,5-7H2. The van der Waals surface area contributed by atoms with E-state index in [1.54, 1.807) is 0 Å². The zero-order valence-electron chi connectivity index (χ0n) is 5.65. The molecule has 0 N–H and O–H groups in total. The van der Waals surface area contributed by atoms with E-state index in [1.165, 1.54) is 19.3 Å². The number of alkyl halides is 1. The molecule has 0 aromatic rings. The lowest BCUT2D eigenvalue weighted by Gasteiger charge is -2.13. The molecule has 0 spiro atoms. The quantitative estimate of drug-likeness (QED) is 0.413. The maximum atomic E-state index is 5.60. The first-order valence-electron chi connectivity index (χ1n) is 3.66. The summed E-state index contributed by atoms with van der Waals surface area (Å²) in [5.41, 5.74) is 0. The Bertz CT molecular complexity index is 96.7. The van der Waals surface area contributed by atoms with Gasteiger partial charge in [-0.05, 0) is 31.6 Å². The highest BCUT2D eigenvalue weighted by Gasteiger charge is 2.05. The second kappa shape index (κ2) is 3.94. The number of hydrogen-bond acceptors (Lipinski definition) is 0. The number of hydrogen-bond donors (Lipinski definition) is 0. The van der Waals surface area contributed by atoms with E-state index in [9.17, 15) is 0 Å². The van der Waals surface area contributed by atoms with Crippen LogP contribution in [0.2, 0.25) is 0 Å². The number of rotatable bonds is 2. The number of halogens is 1. The van der Waals surface area contributed by atoms with Crippen molar-refractivity contribution >= 4 is 11.6 Å². The van der Waals surface area contributed by atoms with Crippen LogP contribution in [0.4, 0.5) is 0 Å². The first-order valence-corrected chi connectivity index (χ1v) is 4.19. The molecule has 0 aromatic carbocycles. The molecule has 1 unspecified atom stereocenters. The SMILES string of the molecule is ClCCC1C=CCCC1. The summed E-state index contributed by atoms with van der Waals surface area (Å²) in [6, 6.07) is 0. The van der Waals surface area contributed by atoms with Crippen LogP contribution in [0.25, 0.3) is 0 Å².